The van der Waals surface area contributed by atoms with Crippen LogP contribution < -0.4 is 21.2 Å². The van der Waals surface area contributed by atoms with Gasteiger partial charge in [0.05, 0.1) is 34.3 Å². The molecule has 0 aliphatic heterocycles. The molecule has 2 unspecified atom stereocenters. The van der Waals surface area contributed by atoms with Crippen molar-refractivity contribution in [3.05, 3.63) is 146 Å². The van der Waals surface area contributed by atoms with Crippen LogP contribution in [-0.2, 0) is 9.13 Å². The lowest BCUT2D eigenvalue weighted by atomic mass is 10.1. The van der Waals surface area contributed by atoms with Crippen molar-refractivity contribution in [3.8, 4) is 28.5 Å². The number of pyridine rings is 2. The van der Waals surface area contributed by atoms with Gasteiger partial charge in [-0.2, -0.15) is 0 Å². The van der Waals surface area contributed by atoms with Crippen LogP contribution >= 0.6 is 14.3 Å². The number of aromatic nitrogens is 6. The zero-order valence-corrected chi connectivity index (χ0v) is 34.2. The first-order chi connectivity index (χ1) is 27.0. The highest BCUT2D eigenvalue weighted by Crippen LogP contribution is 2.51. The van der Waals surface area contributed by atoms with E-state index in [1.807, 2.05) is 141 Å². The number of hydrogen-bond donors (Lipinski definition) is 0. The Morgan fingerprint density at radius 1 is 0.500 bits per heavy atom. The molecular weight excluding hydrogens is 730 g/mol. The van der Waals surface area contributed by atoms with Crippen molar-refractivity contribution < 1.29 is 9.13 Å². The monoisotopic (exact) mass is 774 g/mol. The second kappa shape index (κ2) is 14.8. The van der Waals surface area contributed by atoms with E-state index in [1.165, 1.54) is 0 Å². The highest BCUT2D eigenvalue weighted by Gasteiger charge is 2.34. The van der Waals surface area contributed by atoms with Gasteiger partial charge in [0.15, 0.2) is 0 Å². The third kappa shape index (κ3) is 6.41. The Morgan fingerprint density at radius 3 is 1.38 bits per heavy atom. The van der Waals surface area contributed by atoms with Crippen LogP contribution in [-0.4, -0.2) is 41.0 Å². The average molecular weight is 775 g/mol. The molecular formula is C46H44N6O2P2. The molecule has 0 aliphatic carbocycles. The van der Waals surface area contributed by atoms with Crippen molar-refractivity contribution >= 4 is 57.3 Å². The third-order valence-corrected chi connectivity index (χ3v) is 17.8. The van der Waals surface area contributed by atoms with Gasteiger partial charge >= 0.3 is 0 Å². The van der Waals surface area contributed by atoms with Crippen molar-refractivity contribution in [2.75, 3.05) is 0 Å². The van der Waals surface area contributed by atoms with Crippen LogP contribution in [0.4, 0.5) is 0 Å². The molecule has 10 heteroatoms. The molecule has 2 atom stereocenters. The minimum atomic E-state index is -3.19. The Hall–Kier alpha value is -5.55. The van der Waals surface area contributed by atoms with Crippen molar-refractivity contribution in [1.29, 1.82) is 0 Å². The maximum Gasteiger partial charge on any atom is 0.254 e. The first-order valence-electron chi connectivity index (χ1n) is 19.0. The predicted molar refractivity (Wildman–Crippen MR) is 232 cm³/mol. The summed E-state index contributed by atoms with van der Waals surface area (Å²) in [5.74, 6) is 0.537. The molecule has 0 fully saturated rings. The standard InChI is InChI=1S/C46H44N6O2P2/c1-30(2)43-29-49-46(51-50-43)52-44-27-37(55(53,31(3)4)35-15-11-13-33(25-35)41-17-7-9-23-47-41)19-21-39(44)40-22-20-38(28-45(40)52)56(54,32(5)6)36-16-12-14-34(26-36)42-18-8-10-24-48-42/h7-32H,1-6H3. The molecule has 0 amide bonds. The third-order valence-electron chi connectivity index (χ3n) is 10.7. The summed E-state index contributed by atoms with van der Waals surface area (Å²) in [6.07, 6.45) is 5.31. The molecule has 0 bridgehead atoms. The van der Waals surface area contributed by atoms with Crippen LogP contribution in [0.15, 0.2) is 140 Å². The lowest BCUT2D eigenvalue weighted by Gasteiger charge is -2.24. The predicted octanol–water partition coefficient (Wildman–Crippen LogP) is 9.66. The molecule has 4 aromatic heterocycles. The fourth-order valence-electron chi connectivity index (χ4n) is 7.57. The number of rotatable bonds is 10. The Labute approximate surface area is 327 Å². The smallest absolute Gasteiger partial charge is 0.254 e. The van der Waals surface area contributed by atoms with E-state index in [4.69, 9.17) is 4.98 Å². The molecule has 56 heavy (non-hydrogen) atoms. The summed E-state index contributed by atoms with van der Waals surface area (Å²) in [5.41, 5.74) is 5.48. The van der Waals surface area contributed by atoms with E-state index in [9.17, 15) is 0 Å². The Balaban J connectivity index is 1.35. The zero-order valence-electron chi connectivity index (χ0n) is 32.4. The van der Waals surface area contributed by atoms with E-state index in [0.29, 0.717) is 5.95 Å². The number of fused-ring (bicyclic) bond motifs is 3. The molecule has 8 nitrogen and oxygen atoms in total. The molecule has 8 rings (SSSR count). The maximum absolute atomic E-state index is 15.6. The van der Waals surface area contributed by atoms with Crippen molar-refractivity contribution in [3.63, 3.8) is 0 Å². The van der Waals surface area contributed by atoms with E-state index in [2.05, 4.69) is 46.1 Å². The zero-order chi connectivity index (χ0) is 39.2. The van der Waals surface area contributed by atoms with Gasteiger partial charge in [-0.3, -0.25) is 14.5 Å². The molecule has 0 aliphatic rings. The molecule has 4 aromatic carbocycles. The van der Waals surface area contributed by atoms with Crippen molar-refractivity contribution in [2.45, 2.75) is 58.8 Å². The molecule has 0 saturated heterocycles. The molecule has 8 aromatic rings. The van der Waals surface area contributed by atoms with Crippen LogP contribution in [0.3, 0.4) is 0 Å². The number of benzene rings is 4. The number of hydrogen-bond acceptors (Lipinski definition) is 7. The summed E-state index contributed by atoms with van der Waals surface area (Å²) in [6.45, 7) is 12.2. The van der Waals surface area contributed by atoms with E-state index in [1.54, 1.807) is 18.6 Å². The van der Waals surface area contributed by atoms with E-state index < -0.39 is 14.3 Å². The maximum atomic E-state index is 15.6. The summed E-state index contributed by atoms with van der Waals surface area (Å²) < 4.78 is 33.1. The van der Waals surface area contributed by atoms with Crippen molar-refractivity contribution in [2.24, 2.45) is 0 Å². The first kappa shape index (κ1) is 37.4. The average Bonchev–Trinajstić information content (AvgIpc) is 3.56. The summed E-state index contributed by atoms with van der Waals surface area (Å²) in [7, 11) is -6.38. The van der Waals surface area contributed by atoms with Gasteiger partial charge < -0.3 is 9.13 Å². The lowest BCUT2D eigenvalue weighted by molar-refractivity contribution is 0.581. The van der Waals surface area contributed by atoms with Gasteiger partial charge in [-0.1, -0.05) is 114 Å². The highest BCUT2D eigenvalue weighted by atomic mass is 31.2. The van der Waals surface area contributed by atoms with Crippen LogP contribution in [0.25, 0.3) is 50.3 Å². The normalized spacial score (nSPS) is 14.1. The molecule has 0 N–H and O–H groups in total. The lowest BCUT2D eigenvalue weighted by Crippen LogP contribution is -2.23. The molecule has 280 valence electrons. The summed E-state index contributed by atoms with van der Waals surface area (Å²) in [5, 5.41) is 14.1. The second-order valence-electron chi connectivity index (χ2n) is 15.1. The molecule has 0 spiro atoms. The largest absolute Gasteiger partial charge is 0.313 e. The summed E-state index contributed by atoms with van der Waals surface area (Å²) in [6, 6.07) is 39.7. The molecule has 0 saturated carbocycles. The van der Waals surface area contributed by atoms with Gasteiger partial charge in [0.25, 0.3) is 5.95 Å². The number of nitrogens with zero attached hydrogens (tertiary/aromatic N) is 6. The van der Waals surface area contributed by atoms with Crippen LogP contribution in [0, 0.1) is 0 Å². The molecule has 0 radical (unpaired) electrons. The Kier molecular flexibility index (Phi) is 9.90. The van der Waals surface area contributed by atoms with E-state index in [0.717, 1.165) is 71.2 Å². The minimum Gasteiger partial charge on any atom is -0.313 e. The Bertz CT molecular complexity index is 2630. The first-order valence-corrected chi connectivity index (χ1v) is 22.6. The Morgan fingerprint density at radius 2 is 0.982 bits per heavy atom. The van der Waals surface area contributed by atoms with Gasteiger partial charge in [0.1, 0.15) is 14.3 Å². The van der Waals surface area contributed by atoms with Gasteiger partial charge in [-0.25, -0.2) is 4.98 Å². The van der Waals surface area contributed by atoms with Gasteiger partial charge in [0.2, 0.25) is 0 Å². The minimum absolute atomic E-state index is 0.151. The van der Waals surface area contributed by atoms with E-state index >= 15 is 9.13 Å². The highest BCUT2D eigenvalue weighted by molar-refractivity contribution is 7.79. The SMILES string of the molecule is CC(C)c1cnc(-n2c3cc(P(=O)(c4cccc(-c5ccccn5)c4)C(C)C)ccc3c3ccc(P(=O)(c4cccc(-c5ccccn5)c4)C(C)C)cc32)nn1. The fourth-order valence-corrected chi connectivity index (χ4v) is 13.0. The van der Waals surface area contributed by atoms with Gasteiger partial charge in [0, 0.05) is 66.8 Å². The second-order valence-corrected chi connectivity index (χ2v) is 21.9. The van der Waals surface area contributed by atoms with Crippen LogP contribution in [0.5, 0.6) is 0 Å². The topological polar surface area (TPSA) is 104 Å². The van der Waals surface area contributed by atoms with Crippen LogP contribution in [0.2, 0.25) is 0 Å². The van der Waals surface area contributed by atoms with Crippen LogP contribution in [0.1, 0.15) is 53.2 Å². The van der Waals surface area contributed by atoms with Crippen molar-refractivity contribution in [1.82, 2.24) is 29.7 Å². The summed E-state index contributed by atoms with van der Waals surface area (Å²) in [4.78, 5) is 13.9. The van der Waals surface area contributed by atoms with Gasteiger partial charge in [-0.05, 0) is 54.4 Å². The fraction of sp³-hybridized carbons (Fsp3) is 0.196. The quantitative estimate of drug-likeness (QED) is 0.128. The van der Waals surface area contributed by atoms with Gasteiger partial charge in [-0.15, -0.1) is 10.2 Å². The molecule has 4 heterocycles. The van der Waals surface area contributed by atoms with E-state index in [-0.39, 0.29) is 17.2 Å². The summed E-state index contributed by atoms with van der Waals surface area (Å²) >= 11 is 0.